The van der Waals surface area contributed by atoms with Gasteiger partial charge in [0.1, 0.15) is 5.60 Å². The minimum atomic E-state index is -4.41. The summed E-state index contributed by atoms with van der Waals surface area (Å²) < 4.78 is 43.6. The van der Waals surface area contributed by atoms with Gasteiger partial charge < -0.3 is 4.74 Å². The number of hydrogen-bond acceptors (Lipinski definition) is 2. The van der Waals surface area contributed by atoms with Crippen LogP contribution in [0.25, 0.3) is 0 Å². The molecule has 6 heteroatoms. The Hall–Kier alpha value is -1.04. The molecule has 0 radical (unpaired) electrons. The third-order valence-corrected chi connectivity index (χ3v) is 2.24. The molecule has 1 aromatic heterocycles. The zero-order chi connectivity index (χ0) is 10.6. The fourth-order valence-electron chi connectivity index (χ4n) is 1.35. The van der Waals surface area contributed by atoms with Crippen LogP contribution in [0.3, 0.4) is 0 Å². The van der Waals surface area contributed by atoms with Gasteiger partial charge in [-0.2, -0.15) is 18.3 Å². The van der Waals surface area contributed by atoms with Gasteiger partial charge in [0.15, 0.2) is 5.69 Å². The lowest BCUT2D eigenvalue weighted by atomic mass is 10.0. The van der Waals surface area contributed by atoms with E-state index in [2.05, 4.69) is 5.10 Å². The van der Waals surface area contributed by atoms with Crippen LogP contribution < -0.4 is 0 Å². The van der Waals surface area contributed by atoms with E-state index in [1.54, 1.807) is 6.92 Å². The summed E-state index contributed by atoms with van der Waals surface area (Å²) in [7, 11) is 1.46. The number of ether oxygens (including phenoxy) is 1. The Morgan fingerprint density at radius 1 is 1.57 bits per heavy atom. The van der Waals surface area contributed by atoms with Crippen LogP contribution in [0.5, 0.6) is 0 Å². The summed E-state index contributed by atoms with van der Waals surface area (Å²) in [5.74, 6) is 0. The molecule has 3 nitrogen and oxygen atoms in total. The normalized spacial score (nSPS) is 26.6. The minimum Gasteiger partial charge on any atom is -0.365 e. The second-order valence-electron chi connectivity index (χ2n) is 3.58. The quantitative estimate of drug-likeness (QED) is 0.654. The lowest BCUT2D eigenvalue weighted by Crippen LogP contribution is -2.14. The molecule has 0 aromatic carbocycles. The maximum Gasteiger partial charge on any atom is 0.435 e. The largest absolute Gasteiger partial charge is 0.435 e. The number of aryl methyl sites for hydroxylation is 1. The van der Waals surface area contributed by atoms with Crippen molar-refractivity contribution in [2.75, 3.05) is 6.61 Å². The summed E-state index contributed by atoms with van der Waals surface area (Å²) in [5.41, 5.74) is -1.52. The summed E-state index contributed by atoms with van der Waals surface area (Å²) in [6.45, 7) is 1.95. The highest BCUT2D eigenvalue weighted by Crippen LogP contribution is 2.43. The molecule has 1 aliphatic heterocycles. The SMILES string of the molecule is Cn1cc(C2(C)CO2)c(C(F)(F)F)n1. The van der Waals surface area contributed by atoms with E-state index in [1.165, 1.54) is 13.2 Å². The highest BCUT2D eigenvalue weighted by atomic mass is 19.4. The van der Waals surface area contributed by atoms with E-state index in [0.717, 1.165) is 4.68 Å². The Kier molecular flexibility index (Phi) is 1.70. The first kappa shape index (κ1) is 9.51. The van der Waals surface area contributed by atoms with Gasteiger partial charge in [-0.05, 0) is 6.92 Å². The van der Waals surface area contributed by atoms with Gasteiger partial charge in [-0.15, -0.1) is 0 Å². The highest BCUT2D eigenvalue weighted by molar-refractivity contribution is 5.30. The molecule has 0 N–H and O–H groups in total. The molecule has 0 spiro atoms. The Labute approximate surface area is 78.5 Å². The van der Waals surface area contributed by atoms with E-state index in [4.69, 9.17) is 4.74 Å². The monoisotopic (exact) mass is 206 g/mol. The van der Waals surface area contributed by atoms with Crippen molar-refractivity contribution < 1.29 is 17.9 Å². The van der Waals surface area contributed by atoms with Crippen molar-refractivity contribution in [1.82, 2.24) is 9.78 Å². The Morgan fingerprint density at radius 2 is 2.14 bits per heavy atom. The van der Waals surface area contributed by atoms with E-state index in [-0.39, 0.29) is 5.56 Å². The maximum atomic E-state index is 12.5. The summed E-state index contributed by atoms with van der Waals surface area (Å²) in [6.07, 6.45) is -3.05. The zero-order valence-electron chi connectivity index (χ0n) is 7.72. The van der Waals surface area contributed by atoms with Gasteiger partial charge in [-0.25, -0.2) is 0 Å². The standard InChI is InChI=1S/C8H9F3N2O/c1-7(4-14-7)5-3-13(2)12-6(5)8(9,10)11/h3H,4H2,1-2H3. The maximum absolute atomic E-state index is 12.5. The molecule has 14 heavy (non-hydrogen) atoms. The van der Waals surface area contributed by atoms with E-state index >= 15 is 0 Å². The molecule has 2 rings (SSSR count). The van der Waals surface area contributed by atoms with E-state index in [9.17, 15) is 13.2 Å². The van der Waals surface area contributed by atoms with Gasteiger partial charge in [-0.3, -0.25) is 4.68 Å². The van der Waals surface area contributed by atoms with Crippen molar-refractivity contribution in [3.05, 3.63) is 17.5 Å². The van der Waals surface area contributed by atoms with Crippen LogP contribution in [0, 0.1) is 0 Å². The van der Waals surface area contributed by atoms with Crippen molar-refractivity contribution in [2.24, 2.45) is 7.05 Å². The predicted octanol–water partition coefficient (Wildman–Crippen LogP) is 1.68. The second kappa shape index (κ2) is 2.50. The first-order valence-corrected chi connectivity index (χ1v) is 4.08. The summed E-state index contributed by atoms with van der Waals surface area (Å²) in [6, 6.07) is 0. The van der Waals surface area contributed by atoms with Crippen molar-refractivity contribution in [3.8, 4) is 0 Å². The number of halogens is 3. The number of epoxide rings is 1. The third-order valence-electron chi connectivity index (χ3n) is 2.24. The summed E-state index contributed by atoms with van der Waals surface area (Å²) in [4.78, 5) is 0. The van der Waals surface area contributed by atoms with E-state index in [0.29, 0.717) is 6.61 Å². The van der Waals surface area contributed by atoms with Gasteiger partial charge in [0.2, 0.25) is 0 Å². The van der Waals surface area contributed by atoms with E-state index < -0.39 is 17.5 Å². The molecule has 2 heterocycles. The Balaban J connectivity index is 2.49. The third kappa shape index (κ3) is 1.39. The molecule has 1 atom stereocenters. The zero-order valence-corrected chi connectivity index (χ0v) is 7.72. The smallest absolute Gasteiger partial charge is 0.365 e. The molecular weight excluding hydrogens is 197 g/mol. The van der Waals surface area contributed by atoms with Crippen molar-refractivity contribution in [3.63, 3.8) is 0 Å². The minimum absolute atomic E-state index is 0.118. The number of aromatic nitrogens is 2. The molecule has 1 unspecified atom stereocenters. The van der Waals surface area contributed by atoms with Crippen LogP contribution in [0.1, 0.15) is 18.2 Å². The van der Waals surface area contributed by atoms with Crippen LogP contribution >= 0.6 is 0 Å². The van der Waals surface area contributed by atoms with Gasteiger partial charge in [0, 0.05) is 18.8 Å². The highest BCUT2D eigenvalue weighted by Gasteiger charge is 2.49. The molecule has 1 aliphatic rings. The van der Waals surface area contributed by atoms with Crippen molar-refractivity contribution >= 4 is 0 Å². The Morgan fingerprint density at radius 3 is 2.57 bits per heavy atom. The van der Waals surface area contributed by atoms with Gasteiger partial charge >= 0.3 is 6.18 Å². The molecule has 0 saturated carbocycles. The van der Waals surface area contributed by atoms with Crippen LogP contribution in [0.2, 0.25) is 0 Å². The number of hydrogen-bond donors (Lipinski definition) is 0. The second-order valence-corrected chi connectivity index (χ2v) is 3.58. The first-order valence-electron chi connectivity index (χ1n) is 4.08. The molecule has 0 amide bonds. The fourth-order valence-corrected chi connectivity index (χ4v) is 1.35. The predicted molar refractivity (Wildman–Crippen MR) is 41.5 cm³/mol. The Bertz CT molecular complexity index is 342. The lowest BCUT2D eigenvalue weighted by Gasteiger charge is -2.07. The van der Waals surface area contributed by atoms with Crippen LogP contribution in [-0.4, -0.2) is 16.4 Å². The topological polar surface area (TPSA) is 30.4 Å². The average Bonchev–Trinajstić information content (AvgIpc) is 2.60. The summed E-state index contributed by atoms with van der Waals surface area (Å²) >= 11 is 0. The van der Waals surface area contributed by atoms with Gasteiger partial charge in [0.25, 0.3) is 0 Å². The average molecular weight is 206 g/mol. The lowest BCUT2D eigenvalue weighted by molar-refractivity contribution is -0.142. The molecule has 1 fully saturated rings. The van der Waals surface area contributed by atoms with Crippen LogP contribution in [-0.2, 0) is 23.6 Å². The fraction of sp³-hybridized carbons (Fsp3) is 0.625. The van der Waals surface area contributed by atoms with E-state index in [1.807, 2.05) is 0 Å². The van der Waals surface area contributed by atoms with Crippen LogP contribution in [0.15, 0.2) is 6.20 Å². The van der Waals surface area contributed by atoms with Crippen LogP contribution in [0.4, 0.5) is 13.2 Å². The molecule has 1 aromatic rings. The molecular formula is C8H9F3N2O. The van der Waals surface area contributed by atoms with Gasteiger partial charge in [-0.1, -0.05) is 0 Å². The first-order chi connectivity index (χ1) is 6.33. The van der Waals surface area contributed by atoms with Gasteiger partial charge in [0.05, 0.1) is 6.61 Å². The molecule has 1 saturated heterocycles. The summed E-state index contributed by atoms with van der Waals surface area (Å²) in [5, 5.41) is 3.40. The molecule has 0 bridgehead atoms. The number of alkyl halides is 3. The molecule has 0 aliphatic carbocycles. The number of nitrogens with zero attached hydrogens (tertiary/aromatic N) is 2. The molecule has 78 valence electrons. The number of rotatable bonds is 1. The van der Waals surface area contributed by atoms with Crippen molar-refractivity contribution in [1.29, 1.82) is 0 Å². The van der Waals surface area contributed by atoms with Crippen molar-refractivity contribution in [2.45, 2.75) is 18.7 Å².